The van der Waals surface area contributed by atoms with E-state index in [1.54, 1.807) is 0 Å². The number of aliphatic hydroxyl groups excluding tert-OH is 1. The Morgan fingerprint density at radius 3 is 2.00 bits per heavy atom. The van der Waals surface area contributed by atoms with Gasteiger partial charge in [-0.3, -0.25) is 0 Å². The predicted octanol–water partition coefficient (Wildman–Crippen LogP) is 2.57. The quantitative estimate of drug-likeness (QED) is 0.874. The minimum atomic E-state index is -0.141. The van der Waals surface area contributed by atoms with E-state index in [0.29, 0.717) is 0 Å². The van der Waals surface area contributed by atoms with E-state index >= 15 is 0 Å². The summed E-state index contributed by atoms with van der Waals surface area (Å²) in [5.41, 5.74) is 1.86. The second-order valence-electron chi connectivity index (χ2n) is 6.30. The summed E-state index contributed by atoms with van der Waals surface area (Å²) in [5, 5.41) is 9.07. The maximum absolute atomic E-state index is 9.07. The van der Waals surface area contributed by atoms with E-state index in [0.717, 1.165) is 18.7 Å². The third-order valence-corrected chi connectivity index (χ3v) is 3.18. The summed E-state index contributed by atoms with van der Waals surface area (Å²) in [5.74, 6) is 0. The fourth-order valence-electron chi connectivity index (χ4n) is 2.78. The smallest absolute Gasteiger partial charge is 0.0808 e. The molecule has 1 aliphatic rings. The summed E-state index contributed by atoms with van der Waals surface area (Å²) in [6, 6.07) is 8.10. The van der Waals surface area contributed by atoms with Gasteiger partial charge in [-0.2, -0.15) is 0 Å². The standard InChI is InChI=1S/C15H23NO2/c1-14(2)10-16(11-15(3,4)18-14)13-7-5-12(9-17)6-8-13/h5-8,17H,9-11H2,1-4H3. The first-order valence-corrected chi connectivity index (χ1v) is 6.46. The molecule has 0 radical (unpaired) electrons. The van der Waals surface area contributed by atoms with Crippen LogP contribution in [-0.4, -0.2) is 29.4 Å². The van der Waals surface area contributed by atoms with Crippen molar-refractivity contribution in [2.45, 2.75) is 45.5 Å². The molecule has 0 bridgehead atoms. The van der Waals surface area contributed by atoms with Gasteiger partial charge in [0.25, 0.3) is 0 Å². The van der Waals surface area contributed by atoms with Crippen LogP contribution in [0.25, 0.3) is 0 Å². The SMILES string of the molecule is CC1(C)CN(c2ccc(CO)cc2)CC(C)(C)O1. The van der Waals surface area contributed by atoms with E-state index < -0.39 is 0 Å². The molecule has 1 N–H and O–H groups in total. The highest BCUT2D eigenvalue weighted by Crippen LogP contribution is 2.31. The topological polar surface area (TPSA) is 32.7 Å². The summed E-state index contributed by atoms with van der Waals surface area (Å²) in [6.07, 6.45) is 0. The van der Waals surface area contributed by atoms with E-state index in [1.807, 2.05) is 12.1 Å². The number of anilines is 1. The molecule has 0 atom stereocenters. The van der Waals surface area contributed by atoms with Gasteiger partial charge < -0.3 is 14.7 Å². The molecule has 1 aliphatic heterocycles. The first-order valence-electron chi connectivity index (χ1n) is 6.46. The van der Waals surface area contributed by atoms with Gasteiger partial charge >= 0.3 is 0 Å². The number of aliphatic hydroxyl groups is 1. The van der Waals surface area contributed by atoms with Gasteiger partial charge in [0, 0.05) is 18.8 Å². The summed E-state index contributed by atoms with van der Waals surface area (Å²) in [6.45, 7) is 10.4. The Bertz CT molecular complexity index is 393. The molecule has 100 valence electrons. The highest BCUT2D eigenvalue weighted by atomic mass is 16.5. The molecule has 0 saturated carbocycles. The van der Waals surface area contributed by atoms with Crippen LogP contribution in [0.15, 0.2) is 24.3 Å². The second kappa shape index (κ2) is 4.56. The minimum Gasteiger partial charge on any atom is -0.392 e. The van der Waals surface area contributed by atoms with E-state index in [-0.39, 0.29) is 17.8 Å². The van der Waals surface area contributed by atoms with Crippen molar-refractivity contribution in [3.8, 4) is 0 Å². The lowest BCUT2D eigenvalue weighted by atomic mass is 9.98. The van der Waals surface area contributed by atoms with Crippen LogP contribution in [0, 0.1) is 0 Å². The van der Waals surface area contributed by atoms with Crippen molar-refractivity contribution in [1.82, 2.24) is 0 Å². The van der Waals surface area contributed by atoms with Gasteiger partial charge in [0.2, 0.25) is 0 Å². The molecular weight excluding hydrogens is 226 g/mol. The Hall–Kier alpha value is -1.06. The molecule has 1 aromatic carbocycles. The zero-order valence-corrected chi connectivity index (χ0v) is 11.7. The Morgan fingerprint density at radius 2 is 1.56 bits per heavy atom. The summed E-state index contributed by atoms with van der Waals surface area (Å²) in [7, 11) is 0. The molecule has 0 aliphatic carbocycles. The van der Waals surface area contributed by atoms with Gasteiger partial charge in [0.05, 0.1) is 17.8 Å². The highest BCUT2D eigenvalue weighted by molar-refractivity contribution is 5.48. The lowest BCUT2D eigenvalue weighted by Crippen LogP contribution is -2.57. The lowest BCUT2D eigenvalue weighted by Gasteiger charge is -2.48. The molecule has 1 aromatic rings. The van der Waals surface area contributed by atoms with Crippen molar-refractivity contribution < 1.29 is 9.84 Å². The van der Waals surface area contributed by atoms with Crippen LogP contribution in [0.5, 0.6) is 0 Å². The second-order valence-corrected chi connectivity index (χ2v) is 6.30. The molecule has 1 heterocycles. The summed E-state index contributed by atoms with van der Waals surface area (Å²) >= 11 is 0. The number of morpholine rings is 1. The molecule has 0 spiro atoms. The van der Waals surface area contributed by atoms with E-state index in [4.69, 9.17) is 9.84 Å². The van der Waals surface area contributed by atoms with Crippen molar-refractivity contribution >= 4 is 5.69 Å². The van der Waals surface area contributed by atoms with Crippen molar-refractivity contribution in [3.05, 3.63) is 29.8 Å². The number of hydrogen-bond acceptors (Lipinski definition) is 3. The third kappa shape index (κ3) is 3.03. The van der Waals surface area contributed by atoms with E-state index in [1.165, 1.54) is 5.69 Å². The number of rotatable bonds is 2. The van der Waals surface area contributed by atoms with Crippen LogP contribution in [0.2, 0.25) is 0 Å². The maximum Gasteiger partial charge on any atom is 0.0808 e. The lowest BCUT2D eigenvalue weighted by molar-refractivity contribution is -0.133. The molecule has 0 unspecified atom stereocenters. The van der Waals surface area contributed by atoms with Gasteiger partial charge in [0.15, 0.2) is 0 Å². The first kappa shape index (κ1) is 13.4. The molecule has 3 nitrogen and oxygen atoms in total. The Kier molecular flexibility index (Phi) is 3.39. The van der Waals surface area contributed by atoms with Crippen molar-refractivity contribution in [2.24, 2.45) is 0 Å². The predicted molar refractivity (Wildman–Crippen MR) is 73.8 cm³/mol. The number of ether oxygens (including phenoxy) is 1. The molecule has 18 heavy (non-hydrogen) atoms. The monoisotopic (exact) mass is 249 g/mol. The average molecular weight is 249 g/mol. The molecule has 0 aromatic heterocycles. The normalized spacial score (nSPS) is 21.9. The van der Waals surface area contributed by atoms with Crippen LogP contribution in [-0.2, 0) is 11.3 Å². The first-order chi connectivity index (χ1) is 8.31. The van der Waals surface area contributed by atoms with Gasteiger partial charge in [0.1, 0.15) is 0 Å². The van der Waals surface area contributed by atoms with Gasteiger partial charge in [-0.05, 0) is 45.4 Å². The van der Waals surface area contributed by atoms with Crippen LogP contribution < -0.4 is 4.90 Å². The van der Waals surface area contributed by atoms with Crippen molar-refractivity contribution in [3.63, 3.8) is 0 Å². The molecular formula is C15H23NO2. The molecule has 1 saturated heterocycles. The van der Waals surface area contributed by atoms with Gasteiger partial charge in [-0.15, -0.1) is 0 Å². The van der Waals surface area contributed by atoms with Gasteiger partial charge in [-0.1, -0.05) is 12.1 Å². The largest absolute Gasteiger partial charge is 0.392 e. The molecule has 2 rings (SSSR count). The maximum atomic E-state index is 9.07. The van der Waals surface area contributed by atoms with E-state index in [2.05, 4.69) is 44.7 Å². The fraction of sp³-hybridized carbons (Fsp3) is 0.600. The minimum absolute atomic E-state index is 0.0976. The number of hydrogen-bond donors (Lipinski definition) is 1. The number of nitrogens with zero attached hydrogens (tertiary/aromatic N) is 1. The zero-order valence-electron chi connectivity index (χ0n) is 11.7. The third-order valence-electron chi connectivity index (χ3n) is 3.18. The van der Waals surface area contributed by atoms with Crippen LogP contribution in [0.3, 0.4) is 0 Å². The molecule has 0 amide bonds. The van der Waals surface area contributed by atoms with Gasteiger partial charge in [-0.25, -0.2) is 0 Å². The number of benzene rings is 1. The van der Waals surface area contributed by atoms with Crippen molar-refractivity contribution in [1.29, 1.82) is 0 Å². The van der Waals surface area contributed by atoms with Crippen molar-refractivity contribution in [2.75, 3.05) is 18.0 Å². The Morgan fingerprint density at radius 1 is 1.06 bits per heavy atom. The average Bonchev–Trinajstić information content (AvgIpc) is 2.25. The molecule has 1 fully saturated rings. The zero-order chi connectivity index (χ0) is 13.4. The van der Waals surface area contributed by atoms with Crippen LogP contribution in [0.4, 0.5) is 5.69 Å². The van der Waals surface area contributed by atoms with Crippen LogP contribution >= 0.6 is 0 Å². The fourth-order valence-corrected chi connectivity index (χ4v) is 2.78. The van der Waals surface area contributed by atoms with E-state index in [9.17, 15) is 0 Å². The summed E-state index contributed by atoms with van der Waals surface area (Å²) < 4.78 is 6.08. The Labute approximate surface area is 109 Å². The summed E-state index contributed by atoms with van der Waals surface area (Å²) in [4.78, 5) is 2.35. The Balaban J connectivity index is 2.21. The molecule has 3 heteroatoms. The van der Waals surface area contributed by atoms with Crippen LogP contribution in [0.1, 0.15) is 33.3 Å². The highest BCUT2D eigenvalue weighted by Gasteiger charge is 2.38.